The summed E-state index contributed by atoms with van der Waals surface area (Å²) in [5.74, 6) is 0.0906. The summed E-state index contributed by atoms with van der Waals surface area (Å²) in [5.41, 5.74) is 13.7. The van der Waals surface area contributed by atoms with Crippen LogP contribution in [0, 0.1) is 0 Å². The Balaban J connectivity index is 0.00000162. The zero-order chi connectivity index (χ0) is 12.3. The minimum Gasteiger partial charge on any atom is -0.370 e. The Morgan fingerprint density at radius 1 is 1.28 bits per heavy atom. The summed E-state index contributed by atoms with van der Waals surface area (Å²) in [7, 11) is 1.88. The Kier molecular flexibility index (Phi) is 5.14. The lowest BCUT2D eigenvalue weighted by molar-refractivity contribution is 0.769. The van der Waals surface area contributed by atoms with Gasteiger partial charge in [0.25, 0.3) is 0 Å². The maximum atomic E-state index is 5.34. The molecule has 1 aromatic carbocycles. The third kappa shape index (κ3) is 3.46. The molecule has 6 heteroatoms. The van der Waals surface area contributed by atoms with Crippen LogP contribution < -0.4 is 11.5 Å². The average Bonchev–Trinajstić information content (AvgIpc) is 2.69. The zero-order valence-corrected chi connectivity index (χ0v) is 12.4. The van der Waals surface area contributed by atoms with E-state index < -0.39 is 0 Å². The monoisotopic (exact) mass is 357 g/mol. The van der Waals surface area contributed by atoms with Gasteiger partial charge in [0.15, 0.2) is 5.96 Å². The summed E-state index contributed by atoms with van der Waals surface area (Å²) < 4.78 is 1.76. The van der Waals surface area contributed by atoms with Gasteiger partial charge in [0.2, 0.25) is 0 Å². The molecular formula is C12H16IN5. The van der Waals surface area contributed by atoms with E-state index in [1.807, 2.05) is 43.6 Å². The van der Waals surface area contributed by atoms with Gasteiger partial charge >= 0.3 is 0 Å². The highest BCUT2D eigenvalue weighted by molar-refractivity contribution is 14.0. The Hall–Kier alpha value is -1.57. The molecule has 5 nitrogen and oxygen atoms in total. The number of halogens is 1. The van der Waals surface area contributed by atoms with Crippen molar-refractivity contribution in [2.24, 2.45) is 23.5 Å². The first kappa shape index (κ1) is 14.5. The highest BCUT2D eigenvalue weighted by Gasteiger charge is 2.08. The molecule has 0 aliphatic heterocycles. The molecule has 0 bridgehead atoms. The van der Waals surface area contributed by atoms with E-state index in [2.05, 4.69) is 10.1 Å². The maximum Gasteiger partial charge on any atom is 0.186 e. The minimum absolute atomic E-state index is 0. The van der Waals surface area contributed by atoms with Crippen molar-refractivity contribution < 1.29 is 0 Å². The highest BCUT2D eigenvalue weighted by Crippen LogP contribution is 2.21. The van der Waals surface area contributed by atoms with Crippen molar-refractivity contribution in [3.8, 4) is 11.3 Å². The standard InChI is InChI=1S/C12H15N5.HI/c1-17-8-10(7-15-12(13)14)11(16-17)9-5-3-2-4-6-9;/h2-6,8H,7H2,1H3,(H4,13,14,15);1H. The van der Waals surface area contributed by atoms with E-state index in [-0.39, 0.29) is 29.9 Å². The van der Waals surface area contributed by atoms with Crippen LogP contribution in [0.25, 0.3) is 11.3 Å². The van der Waals surface area contributed by atoms with Gasteiger partial charge < -0.3 is 11.5 Å². The lowest BCUT2D eigenvalue weighted by Crippen LogP contribution is -2.22. The van der Waals surface area contributed by atoms with Crippen LogP contribution in [0.4, 0.5) is 0 Å². The van der Waals surface area contributed by atoms with Crippen LogP contribution in [0.15, 0.2) is 41.5 Å². The van der Waals surface area contributed by atoms with Crippen LogP contribution in [0.2, 0.25) is 0 Å². The molecule has 0 radical (unpaired) electrons. The highest BCUT2D eigenvalue weighted by atomic mass is 127. The molecule has 2 rings (SSSR count). The number of aromatic nitrogens is 2. The molecule has 0 aliphatic carbocycles. The third-order valence-corrected chi connectivity index (χ3v) is 2.38. The number of benzene rings is 1. The summed E-state index contributed by atoms with van der Waals surface area (Å²) in [6, 6.07) is 9.97. The fraction of sp³-hybridized carbons (Fsp3) is 0.167. The van der Waals surface area contributed by atoms with Crippen molar-refractivity contribution in [3.05, 3.63) is 42.1 Å². The summed E-state index contributed by atoms with van der Waals surface area (Å²) >= 11 is 0. The second-order valence-electron chi connectivity index (χ2n) is 3.78. The molecule has 0 saturated carbocycles. The van der Waals surface area contributed by atoms with Crippen molar-refractivity contribution in [1.29, 1.82) is 0 Å². The summed E-state index contributed by atoms with van der Waals surface area (Å²) in [4.78, 5) is 4.01. The first-order valence-electron chi connectivity index (χ1n) is 5.30. The van der Waals surface area contributed by atoms with Gasteiger partial charge in [-0.3, -0.25) is 4.68 Å². The summed E-state index contributed by atoms with van der Waals surface area (Å²) in [6.07, 6.45) is 1.93. The molecule has 4 N–H and O–H groups in total. The van der Waals surface area contributed by atoms with Gasteiger partial charge in [0.05, 0.1) is 12.2 Å². The van der Waals surface area contributed by atoms with Gasteiger partial charge in [0, 0.05) is 24.4 Å². The van der Waals surface area contributed by atoms with Crippen LogP contribution in [-0.2, 0) is 13.6 Å². The Morgan fingerprint density at radius 3 is 2.56 bits per heavy atom. The number of rotatable bonds is 3. The van der Waals surface area contributed by atoms with Crippen molar-refractivity contribution in [2.45, 2.75) is 6.54 Å². The van der Waals surface area contributed by atoms with E-state index >= 15 is 0 Å². The Labute approximate surface area is 123 Å². The summed E-state index contributed by atoms with van der Waals surface area (Å²) in [6.45, 7) is 0.445. The largest absolute Gasteiger partial charge is 0.370 e. The number of aryl methyl sites for hydroxylation is 1. The molecule has 1 heterocycles. The lowest BCUT2D eigenvalue weighted by Gasteiger charge is -1.99. The van der Waals surface area contributed by atoms with E-state index in [1.54, 1.807) is 4.68 Å². The van der Waals surface area contributed by atoms with Crippen molar-refractivity contribution in [2.75, 3.05) is 0 Å². The molecule has 0 atom stereocenters. The van der Waals surface area contributed by atoms with Gasteiger partial charge in [-0.1, -0.05) is 30.3 Å². The molecule has 1 aromatic heterocycles. The molecule has 18 heavy (non-hydrogen) atoms. The van der Waals surface area contributed by atoms with Crippen LogP contribution in [0.5, 0.6) is 0 Å². The van der Waals surface area contributed by atoms with Crippen LogP contribution in [0.1, 0.15) is 5.56 Å². The SMILES string of the molecule is Cn1cc(CN=C(N)N)c(-c2ccccc2)n1.I. The fourth-order valence-corrected chi connectivity index (χ4v) is 1.67. The quantitative estimate of drug-likeness (QED) is 0.496. The van der Waals surface area contributed by atoms with E-state index in [4.69, 9.17) is 11.5 Å². The van der Waals surface area contributed by atoms with Crippen molar-refractivity contribution >= 4 is 29.9 Å². The van der Waals surface area contributed by atoms with Crippen molar-refractivity contribution in [1.82, 2.24) is 9.78 Å². The normalized spacial score (nSPS) is 9.61. The maximum absolute atomic E-state index is 5.34. The smallest absolute Gasteiger partial charge is 0.186 e. The molecule has 96 valence electrons. The number of hydrogen-bond acceptors (Lipinski definition) is 2. The average molecular weight is 357 g/mol. The Bertz CT molecular complexity index is 529. The zero-order valence-electron chi connectivity index (χ0n) is 10.1. The Morgan fingerprint density at radius 2 is 1.94 bits per heavy atom. The van der Waals surface area contributed by atoms with E-state index in [0.717, 1.165) is 16.8 Å². The number of guanidine groups is 1. The van der Waals surface area contributed by atoms with Gasteiger partial charge in [-0.2, -0.15) is 5.10 Å². The number of aliphatic imine (C=N–C) groups is 1. The van der Waals surface area contributed by atoms with Gasteiger partial charge in [-0.05, 0) is 0 Å². The molecule has 0 unspecified atom stereocenters. The van der Waals surface area contributed by atoms with Crippen LogP contribution in [0.3, 0.4) is 0 Å². The van der Waals surface area contributed by atoms with E-state index in [1.165, 1.54) is 0 Å². The second kappa shape index (κ2) is 6.39. The molecule has 0 fully saturated rings. The van der Waals surface area contributed by atoms with Gasteiger partial charge in [0.1, 0.15) is 0 Å². The minimum atomic E-state index is 0. The first-order chi connectivity index (χ1) is 8.16. The fourth-order valence-electron chi connectivity index (χ4n) is 1.67. The number of nitrogens with zero attached hydrogens (tertiary/aromatic N) is 3. The second-order valence-corrected chi connectivity index (χ2v) is 3.78. The van der Waals surface area contributed by atoms with E-state index in [0.29, 0.717) is 6.54 Å². The predicted octanol–water partition coefficient (Wildman–Crippen LogP) is 1.48. The predicted molar refractivity (Wildman–Crippen MR) is 83.6 cm³/mol. The molecule has 0 saturated heterocycles. The van der Waals surface area contributed by atoms with E-state index in [9.17, 15) is 0 Å². The lowest BCUT2D eigenvalue weighted by atomic mass is 10.1. The molecular weight excluding hydrogens is 341 g/mol. The molecule has 0 amide bonds. The van der Waals surface area contributed by atoms with Gasteiger partial charge in [-0.15, -0.1) is 24.0 Å². The van der Waals surface area contributed by atoms with Crippen molar-refractivity contribution in [3.63, 3.8) is 0 Å². The van der Waals surface area contributed by atoms with Gasteiger partial charge in [-0.25, -0.2) is 4.99 Å². The molecule has 0 aliphatic rings. The number of nitrogens with two attached hydrogens (primary N) is 2. The van der Waals surface area contributed by atoms with Crippen LogP contribution >= 0.6 is 24.0 Å². The topological polar surface area (TPSA) is 82.2 Å². The van der Waals surface area contributed by atoms with Crippen LogP contribution in [-0.4, -0.2) is 15.7 Å². The number of hydrogen-bond donors (Lipinski definition) is 2. The molecule has 0 spiro atoms. The summed E-state index contributed by atoms with van der Waals surface area (Å²) in [5, 5.41) is 4.42. The first-order valence-corrected chi connectivity index (χ1v) is 5.30. The molecule has 2 aromatic rings. The third-order valence-electron chi connectivity index (χ3n) is 2.38.